The maximum absolute atomic E-state index is 14.7. The molecular weight excluding hydrogens is 520 g/mol. The minimum atomic E-state index is -1.11. The number of aliphatic hydroxyl groups is 1. The lowest BCUT2D eigenvalue weighted by molar-refractivity contribution is -0.159. The number of carbonyl (C=O) groups excluding carboxylic acids is 3. The number of ether oxygens (including phenoxy) is 2. The van der Waals surface area contributed by atoms with Gasteiger partial charge in [-0.3, -0.25) is 14.4 Å². The van der Waals surface area contributed by atoms with Crippen LogP contribution in [0.2, 0.25) is 0 Å². The Morgan fingerprint density at radius 1 is 1.12 bits per heavy atom. The number of para-hydroxylation sites is 1. The molecule has 1 aromatic carbocycles. The fraction of sp³-hybridized carbons (Fsp3) is 0.606. The minimum Gasteiger partial charge on any atom is -0.465 e. The van der Waals surface area contributed by atoms with Crippen molar-refractivity contribution < 1.29 is 29.0 Å². The number of rotatable bonds is 15. The van der Waals surface area contributed by atoms with E-state index in [1.807, 2.05) is 45.0 Å². The summed E-state index contributed by atoms with van der Waals surface area (Å²) in [6.45, 7) is 14.5. The van der Waals surface area contributed by atoms with Crippen LogP contribution >= 0.6 is 0 Å². The second-order valence-corrected chi connectivity index (χ2v) is 12.0. The van der Waals surface area contributed by atoms with Crippen LogP contribution in [0, 0.1) is 25.7 Å². The van der Waals surface area contributed by atoms with Gasteiger partial charge in [0.2, 0.25) is 5.91 Å². The smallest absolute Gasteiger partial charge is 0.312 e. The Morgan fingerprint density at radius 2 is 1.85 bits per heavy atom. The maximum atomic E-state index is 14.7. The number of aryl methyl sites for hydroxylation is 2. The van der Waals surface area contributed by atoms with Crippen LogP contribution in [0.5, 0.6) is 0 Å². The number of hydrogen-bond donors (Lipinski definition) is 1. The first-order chi connectivity index (χ1) is 19.7. The number of fused-ring (bicyclic) bond motifs is 1. The van der Waals surface area contributed by atoms with E-state index < -0.39 is 35.0 Å². The fourth-order valence-electron chi connectivity index (χ4n) is 7.33. The molecule has 0 saturated carbocycles. The molecule has 1 N–H and O–H groups in total. The van der Waals surface area contributed by atoms with Gasteiger partial charge >= 0.3 is 5.97 Å². The van der Waals surface area contributed by atoms with Gasteiger partial charge in [-0.05, 0) is 83.3 Å². The van der Waals surface area contributed by atoms with Crippen molar-refractivity contribution in [3.05, 3.63) is 54.6 Å². The molecule has 3 fully saturated rings. The molecular formula is C33H46N2O6. The summed E-state index contributed by atoms with van der Waals surface area (Å²) in [5.74, 6) is -2.41. The summed E-state index contributed by atoms with van der Waals surface area (Å²) >= 11 is 0. The van der Waals surface area contributed by atoms with Crippen LogP contribution in [0.25, 0.3) is 0 Å². The number of esters is 1. The highest BCUT2D eigenvalue weighted by Gasteiger charge is 2.78. The largest absolute Gasteiger partial charge is 0.465 e. The van der Waals surface area contributed by atoms with Gasteiger partial charge in [-0.2, -0.15) is 0 Å². The minimum absolute atomic E-state index is 0.0741. The van der Waals surface area contributed by atoms with Crippen molar-refractivity contribution in [1.82, 2.24) is 4.90 Å². The van der Waals surface area contributed by atoms with E-state index in [1.54, 1.807) is 15.9 Å². The molecule has 3 aliphatic rings. The second kappa shape index (κ2) is 12.9. The molecule has 2 unspecified atom stereocenters. The van der Waals surface area contributed by atoms with E-state index >= 15 is 0 Å². The molecule has 5 atom stereocenters. The molecule has 1 aromatic rings. The Bertz CT molecular complexity index is 1150. The van der Waals surface area contributed by atoms with Gasteiger partial charge in [-0.25, -0.2) is 0 Å². The third-order valence-corrected chi connectivity index (χ3v) is 9.16. The topological polar surface area (TPSA) is 96.4 Å². The molecule has 2 amide bonds. The summed E-state index contributed by atoms with van der Waals surface area (Å²) in [6.07, 6.45) is 9.04. The number of aliphatic hydroxyl groups excluding tert-OH is 1. The van der Waals surface area contributed by atoms with Crippen molar-refractivity contribution in [2.24, 2.45) is 11.8 Å². The number of anilines is 1. The molecule has 4 rings (SSSR count). The lowest BCUT2D eigenvalue weighted by atomic mass is 9.66. The van der Waals surface area contributed by atoms with Gasteiger partial charge in [0.05, 0.1) is 18.1 Å². The Morgan fingerprint density at radius 3 is 2.51 bits per heavy atom. The monoisotopic (exact) mass is 566 g/mol. The average molecular weight is 567 g/mol. The van der Waals surface area contributed by atoms with Crippen LogP contribution in [0.15, 0.2) is 43.5 Å². The number of allylic oxidation sites excluding steroid dienone is 1. The molecule has 3 aliphatic heterocycles. The van der Waals surface area contributed by atoms with E-state index in [9.17, 15) is 19.5 Å². The van der Waals surface area contributed by atoms with Gasteiger partial charge in [0.1, 0.15) is 17.6 Å². The first-order valence-electron chi connectivity index (χ1n) is 15.0. The highest BCUT2D eigenvalue weighted by Crippen LogP contribution is 2.63. The number of unbranched alkanes of at least 4 members (excludes halogenated alkanes) is 4. The van der Waals surface area contributed by atoms with Crippen molar-refractivity contribution in [2.75, 3.05) is 31.2 Å². The molecule has 8 heteroatoms. The fourth-order valence-corrected chi connectivity index (χ4v) is 7.33. The Balaban J connectivity index is 1.71. The predicted octanol–water partition coefficient (Wildman–Crippen LogP) is 4.65. The van der Waals surface area contributed by atoms with Crippen LogP contribution < -0.4 is 4.90 Å². The van der Waals surface area contributed by atoms with Crippen LogP contribution in [-0.4, -0.2) is 71.3 Å². The summed E-state index contributed by atoms with van der Waals surface area (Å²) in [7, 11) is 0. The molecule has 0 aliphatic carbocycles. The number of carbonyl (C=O) groups is 3. The third kappa shape index (κ3) is 5.61. The average Bonchev–Trinajstić information content (AvgIpc) is 3.50. The Hall–Kier alpha value is -2.97. The van der Waals surface area contributed by atoms with Gasteiger partial charge in [0, 0.05) is 25.4 Å². The molecule has 0 radical (unpaired) electrons. The van der Waals surface area contributed by atoms with Crippen molar-refractivity contribution in [3.8, 4) is 0 Å². The third-order valence-electron chi connectivity index (χ3n) is 9.16. The van der Waals surface area contributed by atoms with E-state index in [0.29, 0.717) is 32.2 Å². The number of likely N-dealkylation sites (tertiary alicyclic amines) is 1. The van der Waals surface area contributed by atoms with Crippen LogP contribution in [-0.2, 0) is 23.9 Å². The van der Waals surface area contributed by atoms with E-state index in [0.717, 1.165) is 42.5 Å². The standard InChI is InChI=1S/C33H46N2O6/c1-6-8-9-13-22-40-31(39)26-25-29(37)35(20-11-10-12-21-36)28(33(25)18-17-32(26,5)41-33)30(38)34(19-7-2)27-23(3)15-14-16-24(27)4/h6-7,14-16,25-26,28,36H,1-2,8-13,17-22H2,3-5H3/t25-,26+,28?,32-,33?/m0/s1. The van der Waals surface area contributed by atoms with Crippen molar-refractivity contribution in [2.45, 2.75) is 89.4 Å². The molecule has 8 nitrogen and oxygen atoms in total. The molecule has 3 heterocycles. The van der Waals surface area contributed by atoms with Crippen molar-refractivity contribution in [3.63, 3.8) is 0 Å². The number of benzene rings is 1. The molecule has 0 aromatic heterocycles. The molecule has 3 saturated heterocycles. The SMILES string of the molecule is C=CCCCCOC(=O)[C@H]1[C@H]2C(=O)N(CCCCCO)C(C(=O)N(CC=C)c3c(C)cccc3C)C23CC[C@]1(C)O3. The maximum Gasteiger partial charge on any atom is 0.312 e. The van der Waals surface area contributed by atoms with E-state index in [-0.39, 0.29) is 31.6 Å². The zero-order chi connectivity index (χ0) is 29.8. The highest BCUT2D eigenvalue weighted by atomic mass is 16.6. The van der Waals surface area contributed by atoms with Crippen molar-refractivity contribution in [1.29, 1.82) is 0 Å². The van der Waals surface area contributed by atoms with Gasteiger partial charge in [-0.1, -0.05) is 30.4 Å². The number of amides is 2. The zero-order valence-electron chi connectivity index (χ0n) is 24.9. The normalized spacial score (nSPS) is 28.0. The summed E-state index contributed by atoms with van der Waals surface area (Å²) < 4.78 is 12.5. The molecule has 224 valence electrons. The predicted molar refractivity (Wildman–Crippen MR) is 158 cm³/mol. The Kier molecular flexibility index (Phi) is 9.75. The quantitative estimate of drug-likeness (QED) is 0.189. The van der Waals surface area contributed by atoms with Gasteiger partial charge in [0.25, 0.3) is 5.91 Å². The lowest BCUT2D eigenvalue weighted by Crippen LogP contribution is -2.56. The van der Waals surface area contributed by atoms with Gasteiger partial charge < -0.3 is 24.4 Å². The lowest BCUT2D eigenvalue weighted by Gasteiger charge is -2.37. The number of hydrogen-bond acceptors (Lipinski definition) is 6. The summed E-state index contributed by atoms with van der Waals surface area (Å²) in [4.78, 5) is 45.9. The second-order valence-electron chi connectivity index (χ2n) is 12.0. The van der Waals surface area contributed by atoms with E-state index in [4.69, 9.17) is 9.47 Å². The van der Waals surface area contributed by atoms with E-state index in [2.05, 4.69) is 13.2 Å². The van der Waals surface area contributed by atoms with E-state index in [1.165, 1.54) is 0 Å². The highest BCUT2D eigenvalue weighted by molar-refractivity contribution is 6.05. The van der Waals surface area contributed by atoms with Crippen molar-refractivity contribution >= 4 is 23.5 Å². The molecule has 1 spiro atoms. The first-order valence-corrected chi connectivity index (χ1v) is 15.0. The number of nitrogens with zero attached hydrogens (tertiary/aromatic N) is 2. The summed E-state index contributed by atoms with van der Waals surface area (Å²) in [5.41, 5.74) is 0.730. The summed E-state index contributed by atoms with van der Waals surface area (Å²) in [6, 6.07) is 5.03. The molecule has 2 bridgehead atoms. The Labute approximate surface area is 244 Å². The zero-order valence-corrected chi connectivity index (χ0v) is 24.9. The first kappa shape index (κ1) is 31.0. The summed E-state index contributed by atoms with van der Waals surface area (Å²) in [5, 5.41) is 9.29. The molecule has 41 heavy (non-hydrogen) atoms. The van der Waals surface area contributed by atoms with Crippen LogP contribution in [0.1, 0.15) is 69.4 Å². The van der Waals surface area contributed by atoms with Crippen LogP contribution in [0.3, 0.4) is 0 Å². The van der Waals surface area contributed by atoms with Crippen LogP contribution in [0.4, 0.5) is 5.69 Å². The van der Waals surface area contributed by atoms with Gasteiger partial charge in [-0.15, -0.1) is 13.2 Å². The van der Waals surface area contributed by atoms with Gasteiger partial charge in [0.15, 0.2) is 0 Å².